The lowest BCUT2D eigenvalue weighted by Crippen LogP contribution is -2.44. The van der Waals surface area contributed by atoms with Crippen LogP contribution in [0.3, 0.4) is 0 Å². The maximum Gasteiger partial charge on any atom is 0.422 e. The summed E-state index contributed by atoms with van der Waals surface area (Å²) in [7, 11) is 0. The highest BCUT2D eigenvalue weighted by atomic mass is 19.4. The summed E-state index contributed by atoms with van der Waals surface area (Å²) in [5.74, 6) is -6.90. The topological polar surface area (TPSA) is 105 Å². The number of hydrogen-bond acceptors (Lipinski definition) is 8. The smallest absolute Gasteiger partial charge is 0.422 e. The molecule has 11 heteroatoms. The van der Waals surface area contributed by atoms with E-state index in [2.05, 4.69) is 16.1 Å². The summed E-state index contributed by atoms with van der Waals surface area (Å²) in [5.41, 5.74) is 0.0766. The molecule has 0 spiro atoms. The minimum atomic E-state index is -4.70. The van der Waals surface area contributed by atoms with E-state index in [-0.39, 0.29) is 12.0 Å². The van der Waals surface area contributed by atoms with Gasteiger partial charge in [0.2, 0.25) is 0 Å². The van der Waals surface area contributed by atoms with Gasteiger partial charge in [-0.3, -0.25) is 9.59 Å². The van der Waals surface area contributed by atoms with E-state index in [4.69, 9.17) is 9.47 Å². The van der Waals surface area contributed by atoms with Gasteiger partial charge in [0.05, 0.1) is 11.8 Å². The van der Waals surface area contributed by atoms with Crippen LogP contribution < -0.4 is 0 Å². The van der Waals surface area contributed by atoms with Crippen molar-refractivity contribution in [1.82, 2.24) is 0 Å². The largest absolute Gasteiger partial charge is 0.458 e. The zero-order chi connectivity index (χ0) is 20.8. The van der Waals surface area contributed by atoms with E-state index in [1.54, 1.807) is 0 Å². The molecule has 1 saturated heterocycles. The quantitative estimate of drug-likeness (QED) is 0.365. The second-order valence-electron chi connectivity index (χ2n) is 7.05. The van der Waals surface area contributed by atoms with E-state index in [0.29, 0.717) is 0 Å². The molecule has 3 rings (SSSR count). The van der Waals surface area contributed by atoms with Crippen LogP contribution in [0.1, 0.15) is 13.3 Å². The van der Waals surface area contributed by atoms with E-state index in [1.165, 1.54) is 6.92 Å². The highest BCUT2D eigenvalue weighted by Crippen LogP contribution is 2.59. The number of rotatable bonds is 6. The predicted molar refractivity (Wildman–Crippen MR) is 81.1 cm³/mol. The molecule has 1 heterocycles. The highest BCUT2D eigenvalue weighted by Gasteiger charge is 2.70. The van der Waals surface area contributed by atoms with Gasteiger partial charge in [0.15, 0.2) is 13.2 Å². The van der Waals surface area contributed by atoms with Gasteiger partial charge in [-0.25, -0.2) is 9.59 Å². The van der Waals surface area contributed by atoms with Crippen LogP contribution in [-0.2, 0) is 38.1 Å². The molecule has 154 valence electrons. The molecule has 3 aliphatic rings. The summed E-state index contributed by atoms with van der Waals surface area (Å²) in [6.07, 6.45) is -6.23. The van der Waals surface area contributed by atoms with Crippen molar-refractivity contribution in [2.75, 3.05) is 13.2 Å². The van der Waals surface area contributed by atoms with Crippen LogP contribution in [-0.4, -0.2) is 55.5 Å². The Bertz CT molecular complexity index is 730. The number of carbonyl (C=O) groups is 4. The van der Waals surface area contributed by atoms with Crippen molar-refractivity contribution in [1.29, 1.82) is 0 Å². The monoisotopic (exact) mass is 406 g/mol. The van der Waals surface area contributed by atoms with Crippen LogP contribution in [0, 0.1) is 23.7 Å². The fraction of sp³-hybridized carbons (Fsp3) is 0.647. The van der Waals surface area contributed by atoms with Gasteiger partial charge in [0.25, 0.3) is 0 Å². The Morgan fingerprint density at radius 2 is 1.89 bits per heavy atom. The van der Waals surface area contributed by atoms with Crippen molar-refractivity contribution in [3.05, 3.63) is 12.2 Å². The lowest BCUT2D eigenvalue weighted by Gasteiger charge is -2.30. The van der Waals surface area contributed by atoms with Gasteiger partial charge >= 0.3 is 30.1 Å². The second-order valence-corrected chi connectivity index (χ2v) is 7.05. The van der Waals surface area contributed by atoms with E-state index < -0.39 is 79.1 Å². The van der Waals surface area contributed by atoms with Crippen molar-refractivity contribution in [3.63, 3.8) is 0 Å². The van der Waals surface area contributed by atoms with Gasteiger partial charge in [-0.15, -0.1) is 0 Å². The summed E-state index contributed by atoms with van der Waals surface area (Å²) in [4.78, 5) is 47.5. The highest BCUT2D eigenvalue weighted by molar-refractivity contribution is 5.89. The standard InChI is InChI=1S/C17H17F3O8/c1-6(2)14(22)25-4-9(21)27-12-7-3-8-11(16(24)28-13(8)12)10(7)15(23)26-5-17(18,19)20/h7-8,10-13H,1,3-5H2,2H3. The molecular formula is C17H17F3O8. The number of fused-ring (bicyclic) bond motifs is 1. The first-order valence-electron chi connectivity index (χ1n) is 8.45. The summed E-state index contributed by atoms with van der Waals surface area (Å²) < 4.78 is 56.4. The Labute approximate surface area is 156 Å². The van der Waals surface area contributed by atoms with Crippen LogP contribution in [0.4, 0.5) is 13.2 Å². The van der Waals surface area contributed by atoms with Gasteiger partial charge in [-0.1, -0.05) is 6.58 Å². The Morgan fingerprint density at radius 3 is 2.50 bits per heavy atom. The molecule has 0 amide bonds. The maximum absolute atomic E-state index is 12.3. The fourth-order valence-corrected chi connectivity index (χ4v) is 4.15. The molecule has 8 nitrogen and oxygen atoms in total. The minimum absolute atomic E-state index is 0.0766. The summed E-state index contributed by atoms with van der Waals surface area (Å²) in [6.45, 7) is 2.26. The molecule has 6 unspecified atom stereocenters. The van der Waals surface area contributed by atoms with Gasteiger partial charge in [0, 0.05) is 17.4 Å². The normalized spacial score (nSPS) is 32.6. The van der Waals surface area contributed by atoms with Crippen LogP contribution in [0.2, 0.25) is 0 Å². The lowest BCUT2D eigenvalue weighted by atomic mass is 9.78. The SMILES string of the molecule is C=C(C)C(=O)OCC(=O)OC1C2CC3C1OC(=O)C3C2C(=O)OCC(F)(F)F. The third-order valence-electron chi connectivity index (χ3n) is 5.13. The number of esters is 4. The van der Waals surface area contributed by atoms with Gasteiger partial charge in [-0.2, -0.15) is 13.2 Å². The molecule has 6 atom stereocenters. The predicted octanol–water partition coefficient (Wildman–Crippen LogP) is 0.930. The van der Waals surface area contributed by atoms with E-state index in [1.807, 2.05) is 0 Å². The molecular weight excluding hydrogens is 389 g/mol. The molecule has 0 aromatic heterocycles. The molecule has 0 radical (unpaired) electrons. The second kappa shape index (κ2) is 7.10. The van der Waals surface area contributed by atoms with Crippen molar-refractivity contribution in [2.24, 2.45) is 23.7 Å². The van der Waals surface area contributed by atoms with Gasteiger partial charge in [-0.05, 0) is 13.3 Å². The number of alkyl halides is 3. The Balaban J connectivity index is 1.66. The number of hydrogen-bond donors (Lipinski definition) is 0. The number of carbonyl (C=O) groups excluding carboxylic acids is 4. The van der Waals surface area contributed by atoms with E-state index >= 15 is 0 Å². The molecule has 2 saturated carbocycles. The first-order valence-corrected chi connectivity index (χ1v) is 8.45. The first-order chi connectivity index (χ1) is 13.0. The molecule has 2 bridgehead atoms. The van der Waals surface area contributed by atoms with E-state index in [9.17, 15) is 32.3 Å². The molecule has 0 aromatic carbocycles. The average Bonchev–Trinajstić information content (AvgIpc) is 3.20. The first kappa shape index (κ1) is 20.2. The molecule has 2 aliphatic carbocycles. The molecule has 1 aliphatic heterocycles. The average molecular weight is 406 g/mol. The van der Waals surface area contributed by atoms with Crippen molar-refractivity contribution in [3.8, 4) is 0 Å². The van der Waals surface area contributed by atoms with Crippen molar-refractivity contribution < 1.29 is 51.3 Å². The zero-order valence-electron chi connectivity index (χ0n) is 14.7. The Kier molecular flexibility index (Phi) is 5.11. The number of halogens is 3. The van der Waals surface area contributed by atoms with Gasteiger partial charge in [0.1, 0.15) is 12.2 Å². The fourth-order valence-electron chi connectivity index (χ4n) is 4.15. The summed E-state index contributed by atoms with van der Waals surface area (Å²) >= 11 is 0. The Hall–Kier alpha value is -2.59. The molecule has 28 heavy (non-hydrogen) atoms. The maximum atomic E-state index is 12.3. The minimum Gasteiger partial charge on any atom is -0.458 e. The molecule has 3 fully saturated rings. The number of ether oxygens (including phenoxy) is 4. The summed E-state index contributed by atoms with van der Waals surface area (Å²) in [6, 6.07) is 0. The van der Waals surface area contributed by atoms with Crippen molar-refractivity contribution in [2.45, 2.75) is 31.7 Å². The van der Waals surface area contributed by atoms with Gasteiger partial charge < -0.3 is 18.9 Å². The van der Waals surface area contributed by atoms with Crippen molar-refractivity contribution >= 4 is 23.9 Å². The molecule has 0 aromatic rings. The summed E-state index contributed by atoms with van der Waals surface area (Å²) in [5, 5.41) is 0. The van der Waals surface area contributed by atoms with Crippen LogP contribution in [0.5, 0.6) is 0 Å². The third kappa shape index (κ3) is 3.69. The van der Waals surface area contributed by atoms with Crippen LogP contribution in [0.25, 0.3) is 0 Å². The van der Waals surface area contributed by atoms with Crippen LogP contribution in [0.15, 0.2) is 12.2 Å². The lowest BCUT2D eigenvalue weighted by molar-refractivity contribution is -0.193. The van der Waals surface area contributed by atoms with Crippen LogP contribution >= 0.6 is 0 Å². The Morgan fingerprint density at radius 1 is 1.21 bits per heavy atom. The van der Waals surface area contributed by atoms with E-state index in [0.717, 1.165) is 0 Å². The molecule has 0 N–H and O–H groups in total. The third-order valence-corrected chi connectivity index (χ3v) is 5.13. The zero-order valence-corrected chi connectivity index (χ0v) is 14.7.